The standard InChI is InChI=1S/C41H44N4O10/c1-4-5-6-7-8-12-28(46)54-26-11-9-10-23-33(42-13-14-45-17-15-44(3)16-18-45)31-35(48)32-30-27(52-21-53-37(30)38(31)55-36(23)26)20-25-34(47)24-19-22(2)43-40(50)29(24)39(49)41(25,32)51/h4-9,11-12,19,23,25-27,36,48,51H,10,13-18,20-21H2,1-3H3,(H,43,50)/b5-4+,7-6+,12-8+,42-33?/t23-,25+,26+,27+,36-,41+/m0/s1. The van der Waals surface area contributed by atoms with Gasteiger partial charge in [0.2, 0.25) is 5.78 Å². The van der Waals surface area contributed by atoms with Crippen LogP contribution in [0.3, 0.4) is 0 Å². The third kappa shape index (κ3) is 6.17. The first-order chi connectivity index (χ1) is 26.5. The molecule has 3 aliphatic carbocycles. The molecule has 3 N–H and O–H groups in total. The number of likely N-dealkylation sites (N-methyl/N-ethyl adjacent to an activating group) is 1. The third-order valence-corrected chi connectivity index (χ3v) is 11.5. The molecule has 6 atom stereocenters. The van der Waals surface area contributed by atoms with Crippen LogP contribution < -0.4 is 15.0 Å². The summed E-state index contributed by atoms with van der Waals surface area (Å²) in [7, 11) is 2.08. The Morgan fingerprint density at radius 2 is 1.89 bits per heavy atom. The Hall–Kier alpha value is -5.15. The summed E-state index contributed by atoms with van der Waals surface area (Å²) in [6.07, 6.45) is 11.5. The Morgan fingerprint density at radius 3 is 2.67 bits per heavy atom. The van der Waals surface area contributed by atoms with Gasteiger partial charge in [-0.15, -0.1) is 0 Å². The number of pyridine rings is 1. The molecule has 0 radical (unpaired) electrons. The zero-order valence-corrected chi connectivity index (χ0v) is 30.9. The number of carbonyl (C=O) groups excluding carboxylic acids is 3. The highest BCUT2D eigenvalue weighted by atomic mass is 16.7. The number of nitrogens with one attached hydrogen (secondary N) is 1. The lowest BCUT2D eigenvalue weighted by atomic mass is 9.60. The number of rotatable bonds is 7. The summed E-state index contributed by atoms with van der Waals surface area (Å²) < 4.78 is 24.7. The number of aromatic nitrogens is 1. The van der Waals surface area contributed by atoms with E-state index in [1.807, 2.05) is 25.2 Å². The molecule has 14 heteroatoms. The number of phenols is 1. The minimum Gasteiger partial charge on any atom is -0.507 e. The average molecular weight is 753 g/mol. The summed E-state index contributed by atoms with van der Waals surface area (Å²) in [6.45, 7) is 7.81. The minimum absolute atomic E-state index is 0.0790. The molecule has 14 nitrogen and oxygen atoms in total. The number of aliphatic hydroxyl groups is 1. The molecule has 6 aliphatic rings. The van der Waals surface area contributed by atoms with Gasteiger partial charge in [-0.25, -0.2) is 4.79 Å². The van der Waals surface area contributed by atoms with E-state index in [2.05, 4.69) is 21.8 Å². The van der Waals surface area contributed by atoms with E-state index in [4.69, 9.17) is 23.9 Å². The van der Waals surface area contributed by atoms with E-state index < -0.39 is 70.2 Å². The van der Waals surface area contributed by atoms with Crippen LogP contribution in [0.2, 0.25) is 0 Å². The number of aromatic amines is 1. The van der Waals surface area contributed by atoms with Crippen molar-refractivity contribution < 1.29 is 43.5 Å². The number of aromatic hydroxyl groups is 1. The van der Waals surface area contributed by atoms with E-state index in [1.165, 1.54) is 12.1 Å². The molecule has 1 aromatic heterocycles. The molecule has 2 aromatic rings. The quantitative estimate of drug-likeness (QED) is 0.163. The van der Waals surface area contributed by atoms with Gasteiger partial charge < -0.3 is 39.0 Å². The van der Waals surface area contributed by atoms with Crippen LogP contribution in [-0.4, -0.2) is 114 Å². The molecule has 1 aromatic carbocycles. The second kappa shape index (κ2) is 14.5. The first-order valence-corrected chi connectivity index (χ1v) is 18.7. The predicted molar refractivity (Wildman–Crippen MR) is 200 cm³/mol. The maximum atomic E-state index is 14.5. The van der Waals surface area contributed by atoms with E-state index >= 15 is 0 Å². The van der Waals surface area contributed by atoms with Gasteiger partial charge in [0.05, 0.1) is 35.4 Å². The Kier molecular flexibility index (Phi) is 9.70. The average Bonchev–Trinajstić information content (AvgIpc) is 3.16. The SMILES string of the molecule is C/C=C/C=C/C=C/C(=O)O[C@@H]1C=CC[C@H]2C(=NCCN3CCN(C)CC3)c3c(O)c4c5c(c3O[C@H]12)OCO[C@@H]5C[C@@H]1C(=O)c2cc(C)[nH]c(=O)c2C(=O)[C@]41O. The molecular formula is C41H44N4O10. The molecule has 0 unspecified atom stereocenters. The highest BCUT2D eigenvalue weighted by molar-refractivity contribution is 6.20. The molecule has 1 saturated heterocycles. The number of piperazine rings is 1. The number of phenolic OH excluding ortho intramolecular Hbond substituents is 1. The number of benzene rings is 1. The maximum Gasteiger partial charge on any atom is 0.331 e. The molecule has 55 heavy (non-hydrogen) atoms. The number of ether oxygens (including phenoxy) is 4. The number of allylic oxidation sites excluding steroid dienone is 6. The molecule has 8 rings (SSSR count). The van der Waals surface area contributed by atoms with Gasteiger partial charge in [-0.05, 0) is 45.9 Å². The van der Waals surface area contributed by atoms with Crippen molar-refractivity contribution in [3.63, 3.8) is 0 Å². The van der Waals surface area contributed by atoms with Crippen LogP contribution in [0.5, 0.6) is 17.2 Å². The monoisotopic (exact) mass is 752 g/mol. The minimum atomic E-state index is -2.63. The smallest absolute Gasteiger partial charge is 0.331 e. The Balaban J connectivity index is 1.26. The number of aliphatic imine (C=N–C) groups is 1. The normalized spacial score (nSPS) is 29.5. The van der Waals surface area contributed by atoms with Gasteiger partial charge >= 0.3 is 5.97 Å². The molecule has 4 heterocycles. The molecule has 0 amide bonds. The molecular weight excluding hydrogens is 708 g/mol. The molecule has 0 bridgehead atoms. The van der Waals surface area contributed by atoms with Crippen molar-refractivity contribution in [1.29, 1.82) is 0 Å². The number of esters is 1. The number of fused-ring (bicyclic) bond motifs is 6. The zero-order chi connectivity index (χ0) is 38.6. The largest absolute Gasteiger partial charge is 0.507 e. The van der Waals surface area contributed by atoms with E-state index in [9.17, 15) is 29.4 Å². The first-order valence-electron chi connectivity index (χ1n) is 18.7. The third-order valence-electron chi connectivity index (χ3n) is 11.5. The maximum absolute atomic E-state index is 14.5. The summed E-state index contributed by atoms with van der Waals surface area (Å²) in [5, 5.41) is 25.1. The van der Waals surface area contributed by atoms with Crippen molar-refractivity contribution >= 4 is 23.2 Å². The van der Waals surface area contributed by atoms with Crippen molar-refractivity contribution in [2.24, 2.45) is 16.8 Å². The zero-order valence-electron chi connectivity index (χ0n) is 30.9. The van der Waals surface area contributed by atoms with Crippen LogP contribution in [0.25, 0.3) is 0 Å². The number of carbonyl (C=O) groups is 3. The van der Waals surface area contributed by atoms with Crippen molar-refractivity contribution in [2.75, 3.05) is 53.1 Å². The molecule has 3 aliphatic heterocycles. The number of ketones is 2. The van der Waals surface area contributed by atoms with Crippen LogP contribution in [0, 0.1) is 18.8 Å². The second-order valence-corrected chi connectivity index (χ2v) is 14.8. The van der Waals surface area contributed by atoms with Crippen molar-refractivity contribution in [3.05, 3.63) is 98.5 Å². The van der Waals surface area contributed by atoms with Gasteiger partial charge in [0.1, 0.15) is 11.9 Å². The van der Waals surface area contributed by atoms with Crippen molar-refractivity contribution in [1.82, 2.24) is 14.8 Å². The van der Waals surface area contributed by atoms with Gasteiger partial charge in [0.15, 0.2) is 35.8 Å². The highest BCUT2D eigenvalue weighted by Crippen LogP contribution is 2.62. The first kappa shape index (κ1) is 36.8. The van der Waals surface area contributed by atoms with E-state index in [0.717, 1.165) is 26.2 Å². The molecule has 1 fully saturated rings. The van der Waals surface area contributed by atoms with Crippen LogP contribution in [0.1, 0.15) is 69.0 Å². The lowest BCUT2D eigenvalue weighted by molar-refractivity contribution is -0.146. The van der Waals surface area contributed by atoms with Crippen LogP contribution in [0.15, 0.2) is 64.5 Å². The lowest BCUT2D eigenvalue weighted by Gasteiger charge is -2.48. The molecule has 288 valence electrons. The Morgan fingerprint density at radius 1 is 1.11 bits per heavy atom. The van der Waals surface area contributed by atoms with Gasteiger partial charge in [-0.1, -0.05) is 36.5 Å². The fourth-order valence-electron chi connectivity index (χ4n) is 8.76. The summed E-state index contributed by atoms with van der Waals surface area (Å²) in [4.78, 5) is 67.1. The van der Waals surface area contributed by atoms with Crippen LogP contribution >= 0.6 is 0 Å². The van der Waals surface area contributed by atoms with Crippen LogP contribution in [-0.2, 0) is 19.9 Å². The van der Waals surface area contributed by atoms with E-state index in [1.54, 1.807) is 31.2 Å². The number of hydrogen-bond acceptors (Lipinski definition) is 13. The lowest BCUT2D eigenvalue weighted by Crippen LogP contribution is -2.56. The fourth-order valence-corrected chi connectivity index (χ4v) is 8.76. The summed E-state index contributed by atoms with van der Waals surface area (Å²) in [5.74, 6) is -4.36. The van der Waals surface area contributed by atoms with Gasteiger partial charge in [-0.2, -0.15) is 0 Å². The summed E-state index contributed by atoms with van der Waals surface area (Å²) in [6, 6.07) is 1.43. The predicted octanol–water partition coefficient (Wildman–Crippen LogP) is 3.06. The molecule has 0 spiro atoms. The number of hydrogen-bond donors (Lipinski definition) is 3. The molecule has 0 saturated carbocycles. The number of H-pyrrole nitrogens is 1. The summed E-state index contributed by atoms with van der Waals surface area (Å²) in [5.41, 5.74) is -3.17. The number of aryl methyl sites for hydroxylation is 1. The fraction of sp³-hybridized carbons (Fsp3) is 0.439. The van der Waals surface area contributed by atoms with Crippen molar-refractivity contribution in [2.45, 2.75) is 50.6 Å². The van der Waals surface area contributed by atoms with E-state index in [0.29, 0.717) is 30.9 Å². The number of nitrogens with zero attached hydrogens (tertiary/aromatic N) is 3. The second-order valence-electron chi connectivity index (χ2n) is 14.8. The Labute approximate surface area is 317 Å². The summed E-state index contributed by atoms with van der Waals surface area (Å²) >= 11 is 0. The van der Waals surface area contributed by atoms with E-state index in [-0.39, 0.29) is 47.0 Å². The topological polar surface area (TPSA) is 180 Å². The van der Waals surface area contributed by atoms with Crippen LogP contribution in [0.4, 0.5) is 0 Å². The highest BCUT2D eigenvalue weighted by Gasteiger charge is 2.63. The van der Waals surface area contributed by atoms with Gasteiger partial charge in [0, 0.05) is 67.1 Å². The number of Topliss-reactive ketones (excluding diaryl/α,β-unsaturated/α-hetero) is 2. The van der Waals surface area contributed by atoms with Gasteiger partial charge in [0.25, 0.3) is 5.56 Å². The van der Waals surface area contributed by atoms with Gasteiger partial charge in [-0.3, -0.25) is 24.3 Å². The Bertz CT molecular complexity index is 2160. The van der Waals surface area contributed by atoms with Crippen molar-refractivity contribution in [3.8, 4) is 17.2 Å².